The predicted molar refractivity (Wildman–Crippen MR) is 66.9 cm³/mol. The highest BCUT2D eigenvalue weighted by molar-refractivity contribution is 4.72. The van der Waals surface area contributed by atoms with Gasteiger partial charge < -0.3 is 10.8 Å². The molecule has 0 aliphatic carbocycles. The zero-order valence-electron chi connectivity index (χ0n) is 10.6. The first-order valence-corrected chi connectivity index (χ1v) is 6.55. The fourth-order valence-electron chi connectivity index (χ4n) is 1.90. The molecule has 0 aromatic rings. The Morgan fingerprint density at radius 3 is 2.00 bits per heavy atom. The number of nitrogens with two attached hydrogens (primary N) is 1. The Balaban J connectivity index is 3.22. The van der Waals surface area contributed by atoms with Gasteiger partial charge in [0.05, 0.1) is 5.60 Å². The minimum Gasteiger partial charge on any atom is -0.390 e. The molecular formula is C13H29NO. The minimum atomic E-state index is -0.530. The standard InChI is InChI=1S/C13H29NO/c1-3-4-5-6-7-8-9-10-13(2,15)11-12-14/h15H,3-12,14H2,1-2H3. The molecule has 2 heteroatoms. The number of aliphatic hydroxyl groups is 1. The first-order valence-electron chi connectivity index (χ1n) is 6.55. The maximum absolute atomic E-state index is 9.88. The lowest BCUT2D eigenvalue weighted by atomic mass is 9.94. The molecule has 0 aliphatic rings. The first-order chi connectivity index (χ1) is 7.12. The Kier molecular flexibility index (Phi) is 9.12. The van der Waals surface area contributed by atoms with Gasteiger partial charge in [0.15, 0.2) is 0 Å². The van der Waals surface area contributed by atoms with Crippen LogP contribution < -0.4 is 5.73 Å². The van der Waals surface area contributed by atoms with Gasteiger partial charge in [0.25, 0.3) is 0 Å². The molecule has 3 N–H and O–H groups in total. The van der Waals surface area contributed by atoms with Gasteiger partial charge in [0, 0.05) is 0 Å². The second-order valence-corrected chi connectivity index (χ2v) is 4.91. The fraction of sp³-hybridized carbons (Fsp3) is 1.00. The van der Waals surface area contributed by atoms with Gasteiger partial charge in [-0.25, -0.2) is 0 Å². The van der Waals surface area contributed by atoms with Crippen molar-refractivity contribution in [3.8, 4) is 0 Å². The molecule has 0 spiro atoms. The number of hydrogen-bond acceptors (Lipinski definition) is 2. The minimum absolute atomic E-state index is 0.530. The molecule has 0 aromatic heterocycles. The number of rotatable bonds is 10. The van der Waals surface area contributed by atoms with Crippen LogP contribution in [0.3, 0.4) is 0 Å². The molecule has 0 saturated heterocycles. The van der Waals surface area contributed by atoms with E-state index in [0.717, 1.165) is 19.3 Å². The molecule has 0 saturated carbocycles. The molecular weight excluding hydrogens is 186 g/mol. The van der Waals surface area contributed by atoms with Crippen LogP contribution in [-0.2, 0) is 0 Å². The Morgan fingerprint density at radius 2 is 1.47 bits per heavy atom. The molecule has 0 bridgehead atoms. The fourth-order valence-corrected chi connectivity index (χ4v) is 1.90. The zero-order valence-corrected chi connectivity index (χ0v) is 10.6. The third-order valence-corrected chi connectivity index (χ3v) is 3.00. The Morgan fingerprint density at radius 1 is 0.933 bits per heavy atom. The van der Waals surface area contributed by atoms with Gasteiger partial charge in [-0.3, -0.25) is 0 Å². The van der Waals surface area contributed by atoms with E-state index in [1.54, 1.807) is 0 Å². The second kappa shape index (κ2) is 9.17. The molecule has 0 amide bonds. The Labute approximate surface area is 95.3 Å². The second-order valence-electron chi connectivity index (χ2n) is 4.91. The molecule has 1 unspecified atom stereocenters. The molecule has 0 radical (unpaired) electrons. The summed E-state index contributed by atoms with van der Waals surface area (Å²) >= 11 is 0. The third kappa shape index (κ3) is 10.2. The molecule has 92 valence electrons. The maximum Gasteiger partial charge on any atom is 0.0631 e. The zero-order chi connectivity index (χ0) is 11.6. The van der Waals surface area contributed by atoms with Crippen LogP contribution in [-0.4, -0.2) is 17.3 Å². The van der Waals surface area contributed by atoms with Crippen LogP contribution in [0.2, 0.25) is 0 Å². The maximum atomic E-state index is 9.88. The van der Waals surface area contributed by atoms with Crippen molar-refractivity contribution in [3.05, 3.63) is 0 Å². The largest absolute Gasteiger partial charge is 0.390 e. The average molecular weight is 215 g/mol. The number of unbranched alkanes of at least 4 members (excludes halogenated alkanes) is 6. The first kappa shape index (κ1) is 14.9. The molecule has 0 rings (SSSR count). The van der Waals surface area contributed by atoms with Gasteiger partial charge in [-0.05, 0) is 26.3 Å². The van der Waals surface area contributed by atoms with Crippen molar-refractivity contribution in [2.75, 3.05) is 6.54 Å². The van der Waals surface area contributed by atoms with Gasteiger partial charge in [0.1, 0.15) is 0 Å². The monoisotopic (exact) mass is 215 g/mol. The van der Waals surface area contributed by atoms with Crippen molar-refractivity contribution in [1.82, 2.24) is 0 Å². The van der Waals surface area contributed by atoms with Crippen molar-refractivity contribution in [2.45, 2.75) is 77.2 Å². The summed E-state index contributed by atoms with van der Waals surface area (Å²) in [5.74, 6) is 0. The summed E-state index contributed by atoms with van der Waals surface area (Å²) in [6, 6.07) is 0. The average Bonchev–Trinajstić information content (AvgIpc) is 2.16. The molecule has 0 heterocycles. The van der Waals surface area contributed by atoms with Crippen molar-refractivity contribution < 1.29 is 5.11 Å². The van der Waals surface area contributed by atoms with Crippen LogP contribution in [0.25, 0.3) is 0 Å². The van der Waals surface area contributed by atoms with E-state index >= 15 is 0 Å². The lowest BCUT2D eigenvalue weighted by Crippen LogP contribution is -2.27. The summed E-state index contributed by atoms with van der Waals surface area (Å²) in [5.41, 5.74) is 4.91. The Bertz CT molecular complexity index is 134. The van der Waals surface area contributed by atoms with Crippen molar-refractivity contribution in [3.63, 3.8) is 0 Å². The predicted octanol–water partition coefficient (Wildman–Crippen LogP) is 3.23. The molecule has 15 heavy (non-hydrogen) atoms. The van der Waals surface area contributed by atoms with E-state index < -0.39 is 5.60 Å². The summed E-state index contributed by atoms with van der Waals surface area (Å²) in [5, 5.41) is 9.88. The van der Waals surface area contributed by atoms with E-state index in [1.807, 2.05) is 6.92 Å². The lowest BCUT2D eigenvalue weighted by molar-refractivity contribution is 0.0418. The van der Waals surface area contributed by atoms with Crippen LogP contribution >= 0.6 is 0 Å². The van der Waals surface area contributed by atoms with Gasteiger partial charge in [0.2, 0.25) is 0 Å². The quantitative estimate of drug-likeness (QED) is 0.550. The van der Waals surface area contributed by atoms with E-state index in [0.29, 0.717) is 6.54 Å². The van der Waals surface area contributed by atoms with Crippen LogP contribution in [0.4, 0.5) is 0 Å². The summed E-state index contributed by atoms with van der Waals surface area (Å²) in [6.45, 7) is 4.73. The van der Waals surface area contributed by atoms with Gasteiger partial charge in [-0.15, -0.1) is 0 Å². The molecule has 2 nitrogen and oxygen atoms in total. The molecule has 0 aliphatic heterocycles. The number of hydrogen-bond donors (Lipinski definition) is 2. The summed E-state index contributed by atoms with van der Waals surface area (Å²) in [7, 11) is 0. The third-order valence-electron chi connectivity index (χ3n) is 3.00. The van der Waals surface area contributed by atoms with E-state index in [2.05, 4.69) is 6.92 Å². The van der Waals surface area contributed by atoms with E-state index in [-0.39, 0.29) is 0 Å². The SMILES string of the molecule is CCCCCCCCCC(C)(O)CCN. The molecule has 0 fully saturated rings. The van der Waals surface area contributed by atoms with E-state index in [4.69, 9.17) is 5.73 Å². The van der Waals surface area contributed by atoms with Crippen LogP contribution in [0.5, 0.6) is 0 Å². The Hall–Kier alpha value is -0.0800. The normalized spacial score (nSPS) is 15.2. The lowest BCUT2D eigenvalue weighted by Gasteiger charge is -2.22. The molecule has 0 aromatic carbocycles. The van der Waals surface area contributed by atoms with E-state index in [1.165, 1.54) is 38.5 Å². The van der Waals surface area contributed by atoms with Crippen molar-refractivity contribution in [1.29, 1.82) is 0 Å². The summed E-state index contributed by atoms with van der Waals surface area (Å²) in [6.07, 6.45) is 10.7. The summed E-state index contributed by atoms with van der Waals surface area (Å²) in [4.78, 5) is 0. The highest BCUT2D eigenvalue weighted by atomic mass is 16.3. The van der Waals surface area contributed by atoms with Crippen molar-refractivity contribution in [2.24, 2.45) is 5.73 Å². The summed E-state index contributed by atoms with van der Waals surface area (Å²) < 4.78 is 0. The van der Waals surface area contributed by atoms with Crippen molar-refractivity contribution >= 4 is 0 Å². The van der Waals surface area contributed by atoms with Gasteiger partial charge >= 0.3 is 0 Å². The van der Waals surface area contributed by atoms with Crippen LogP contribution in [0.1, 0.15) is 71.6 Å². The van der Waals surface area contributed by atoms with E-state index in [9.17, 15) is 5.11 Å². The van der Waals surface area contributed by atoms with Crippen LogP contribution in [0.15, 0.2) is 0 Å². The highest BCUT2D eigenvalue weighted by Gasteiger charge is 2.17. The van der Waals surface area contributed by atoms with Crippen LogP contribution in [0, 0.1) is 0 Å². The molecule has 1 atom stereocenters. The van der Waals surface area contributed by atoms with Gasteiger partial charge in [-0.2, -0.15) is 0 Å². The highest BCUT2D eigenvalue weighted by Crippen LogP contribution is 2.18. The van der Waals surface area contributed by atoms with Gasteiger partial charge in [-0.1, -0.05) is 51.9 Å². The smallest absolute Gasteiger partial charge is 0.0631 e. The topological polar surface area (TPSA) is 46.2 Å².